The van der Waals surface area contributed by atoms with Crippen LogP contribution in [-0.2, 0) is 24.8 Å². The zero-order valence-corrected chi connectivity index (χ0v) is 19.9. The fraction of sp³-hybridized carbons (Fsp3) is 0.571. The minimum atomic E-state index is 0.0332. The van der Waals surface area contributed by atoms with Gasteiger partial charge >= 0.3 is 0 Å². The first-order valence-corrected chi connectivity index (χ1v) is 12.5. The average molecular weight is 483 g/mol. The zero-order chi connectivity index (χ0) is 21.0. The fourth-order valence-electron chi connectivity index (χ4n) is 4.22. The SMILES string of the molecule is CCc1c(SC)n(C)c2c(CN3CCN(CCNC(=O)CBr)CC3)c(O)ccc12. The van der Waals surface area contributed by atoms with Gasteiger partial charge in [0.2, 0.25) is 5.91 Å². The first-order chi connectivity index (χ1) is 14.0. The largest absolute Gasteiger partial charge is 0.508 e. The minimum Gasteiger partial charge on any atom is -0.508 e. The Morgan fingerprint density at radius 3 is 2.52 bits per heavy atom. The van der Waals surface area contributed by atoms with Gasteiger partial charge in [-0.1, -0.05) is 22.9 Å². The minimum absolute atomic E-state index is 0.0332. The van der Waals surface area contributed by atoms with Crippen molar-refractivity contribution in [3.63, 3.8) is 0 Å². The molecule has 29 heavy (non-hydrogen) atoms. The normalized spacial score (nSPS) is 15.9. The topological polar surface area (TPSA) is 60.7 Å². The summed E-state index contributed by atoms with van der Waals surface area (Å²) >= 11 is 4.94. The van der Waals surface area contributed by atoms with Crippen LogP contribution in [0.4, 0.5) is 0 Å². The molecule has 0 spiro atoms. The van der Waals surface area contributed by atoms with E-state index in [0.717, 1.165) is 56.8 Å². The van der Waals surface area contributed by atoms with Gasteiger partial charge in [0.15, 0.2) is 0 Å². The molecule has 1 aromatic carbocycles. The number of carbonyl (C=O) groups is 1. The summed E-state index contributed by atoms with van der Waals surface area (Å²) in [7, 11) is 2.11. The molecule has 1 amide bonds. The van der Waals surface area contributed by atoms with E-state index in [1.165, 1.54) is 16.0 Å². The monoisotopic (exact) mass is 482 g/mol. The van der Waals surface area contributed by atoms with E-state index >= 15 is 0 Å². The van der Waals surface area contributed by atoms with Gasteiger partial charge in [0.25, 0.3) is 0 Å². The maximum Gasteiger partial charge on any atom is 0.230 e. The number of phenolic OH excluding ortho intramolecular Hbond substituents is 1. The molecule has 1 fully saturated rings. The standard InChI is InChI=1S/C21H31BrN4O2S/c1-4-15-16-5-6-18(27)17(20(16)24(2)21(15)29-3)14-26-11-9-25(10-12-26)8-7-23-19(28)13-22/h5-6,27H,4,7-14H2,1-3H3,(H,23,28). The predicted octanol–water partition coefficient (Wildman–Crippen LogP) is 2.80. The summed E-state index contributed by atoms with van der Waals surface area (Å²) in [4.78, 5) is 16.1. The lowest BCUT2D eigenvalue weighted by molar-refractivity contribution is -0.118. The van der Waals surface area contributed by atoms with Crippen LogP contribution in [0.15, 0.2) is 17.2 Å². The number of nitrogens with zero attached hydrogens (tertiary/aromatic N) is 3. The molecule has 1 aliphatic heterocycles. The van der Waals surface area contributed by atoms with Crippen molar-refractivity contribution in [2.24, 2.45) is 7.05 Å². The Hall–Kier alpha value is -1.22. The van der Waals surface area contributed by atoms with E-state index in [0.29, 0.717) is 17.6 Å². The molecule has 0 radical (unpaired) electrons. The number of phenols is 1. The lowest BCUT2D eigenvalue weighted by Gasteiger charge is -2.35. The number of amides is 1. The third kappa shape index (κ3) is 4.93. The van der Waals surface area contributed by atoms with Crippen LogP contribution in [0.25, 0.3) is 10.9 Å². The molecule has 0 unspecified atom stereocenters. The van der Waals surface area contributed by atoms with Gasteiger partial charge in [-0.25, -0.2) is 0 Å². The Morgan fingerprint density at radius 2 is 1.90 bits per heavy atom. The third-order valence-corrected chi connectivity index (χ3v) is 7.16. The maximum absolute atomic E-state index is 11.3. The van der Waals surface area contributed by atoms with Crippen LogP contribution in [0.5, 0.6) is 5.75 Å². The molecular weight excluding hydrogens is 452 g/mol. The number of benzene rings is 1. The summed E-state index contributed by atoms with van der Waals surface area (Å²) in [6, 6.07) is 3.91. The van der Waals surface area contributed by atoms with Crippen molar-refractivity contribution in [3.05, 3.63) is 23.3 Å². The highest BCUT2D eigenvalue weighted by Gasteiger charge is 2.22. The Labute approximate surface area is 185 Å². The van der Waals surface area contributed by atoms with Gasteiger partial charge in [-0.05, 0) is 30.4 Å². The number of piperazine rings is 1. The van der Waals surface area contributed by atoms with Crippen LogP contribution in [0.2, 0.25) is 0 Å². The van der Waals surface area contributed by atoms with Gasteiger partial charge in [0.05, 0.1) is 15.9 Å². The second-order valence-corrected chi connectivity index (χ2v) is 8.82. The average Bonchev–Trinajstić information content (AvgIpc) is 3.02. The summed E-state index contributed by atoms with van der Waals surface area (Å²) in [6.07, 6.45) is 3.11. The molecule has 0 saturated carbocycles. The molecular formula is C21H31BrN4O2S. The summed E-state index contributed by atoms with van der Waals surface area (Å²) in [6.45, 7) is 8.39. The number of hydrogen-bond donors (Lipinski definition) is 2. The van der Waals surface area contributed by atoms with E-state index < -0.39 is 0 Å². The number of hydrogen-bond acceptors (Lipinski definition) is 5. The van der Waals surface area contributed by atoms with Crippen LogP contribution in [-0.4, -0.2) is 76.2 Å². The van der Waals surface area contributed by atoms with E-state index in [-0.39, 0.29) is 5.91 Å². The molecule has 3 rings (SSSR count). The number of thioether (sulfide) groups is 1. The lowest BCUT2D eigenvalue weighted by atomic mass is 10.1. The predicted molar refractivity (Wildman–Crippen MR) is 124 cm³/mol. The fourth-order valence-corrected chi connectivity index (χ4v) is 5.29. The van der Waals surface area contributed by atoms with Crippen LogP contribution in [0.3, 0.4) is 0 Å². The first kappa shape index (κ1) is 22.5. The molecule has 8 heteroatoms. The third-order valence-electron chi connectivity index (χ3n) is 5.75. The Bertz CT molecular complexity index is 862. The van der Waals surface area contributed by atoms with Crippen molar-refractivity contribution < 1.29 is 9.90 Å². The maximum atomic E-state index is 11.3. The Kier molecular flexibility index (Phi) is 7.90. The van der Waals surface area contributed by atoms with Gasteiger partial charge in [-0.2, -0.15) is 0 Å². The smallest absolute Gasteiger partial charge is 0.230 e. The van der Waals surface area contributed by atoms with Gasteiger partial charge in [-0.15, -0.1) is 11.8 Å². The number of nitrogens with one attached hydrogen (secondary N) is 1. The van der Waals surface area contributed by atoms with E-state index in [9.17, 15) is 9.90 Å². The van der Waals surface area contributed by atoms with Crippen molar-refractivity contribution in [2.75, 3.05) is 50.9 Å². The van der Waals surface area contributed by atoms with Crippen molar-refractivity contribution >= 4 is 44.5 Å². The van der Waals surface area contributed by atoms with Crippen molar-refractivity contribution in [2.45, 2.75) is 24.9 Å². The van der Waals surface area contributed by atoms with Crippen molar-refractivity contribution in [1.82, 2.24) is 19.7 Å². The van der Waals surface area contributed by atoms with Crippen LogP contribution >= 0.6 is 27.7 Å². The molecule has 2 aromatic rings. The number of carbonyl (C=O) groups excluding carboxylic acids is 1. The molecule has 1 aliphatic rings. The number of aromatic hydroxyl groups is 1. The molecule has 2 N–H and O–H groups in total. The highest BCUT2D eigenvalue weighted by atomic mass is 79.9. The Balaban J connectivity index is 1.69. The molecule has 160 valence electrons. The number of alkyl halides is 1. The quantitative estimate of drug-likeness (QED) is 0.447. The van der Waals surface area contributed by atoms with E-state index in [1.807, 2.05) is 6.07 Å². The highest BCUT2D eigenvalue weighted by molar-refractivity contribution is 9.09. The summed E-state index contributed by atoms with van der Waals surface area (Å²) < 4.78 is 2.25. The number of halogens is 1. The molecule has 0 atom stereocenters. The highest BCUT2D eigenvalue weighted by Crippen LogP contribution is 2.37. The molecule has 1 aromatic heterocycles. The van der Waals surface area contributed by atoms with Crippen LogP contribution in [0.1, 0.15) is 18.1 Å². The van der Waals surface area contributed by atoms with Gasteiger partial charge in [0, 0.05) is 63.8 Å². The summed E-state index contributed by atoms with van der Waals surface area (Å²) in [5.74, 6) is 0.416. The van der Waals surface area contributed by atoms with Gasteiger partial charge in [-0.3, -0.25) is 14.6 Å². The number of aromatic nitrogens is 1. The van der Waals surface area contributed by atoms with Crippen molar-refractivity contribution in [3.8, 4) is 5.75 Å². The number of fused-ring (bicyclic) bond motifs is 1. The molecule has 1 saturated heterocycles. The summed E-state index contributed by atoms with van der Waals surface area (Å²) in [5.41, 5.74) is 3.55. The van der Waals surface area contributed by atoms with Gasteiger partial charge < -0.3 is 15.0 Å². The van der Waals surface area contributed by atoms with E-state index in [1.54, 1.807) is 11.8 Å². The molecule has 2 heterocycles. The number of rotatable bonds is 8. The van der Waals surface area contributed by atoms with Crippen molar-refractivity contribution in [1.29, 1.82) is 0 Å². The summed E-state index contributed by atoms with van der Waals surface area (Å²) in [5, 5.41) is 16.4. The second-order valence-electron chi connectivity index (χ2n) is 7.46. The van der Waals surface area contributed by atoms with E-state index in [2.05, 4.69) is 61.9 Å². The van der Waals surface area contributed by atoms with Crippen LogP contribution in [0, 0.1) is 0 Å². The molecule has 6 nitrogen and oxygen atoms in total. The first-order valence-electron chi connectivity index (χ1n) is 10.1. The Morgan fingerprint density at radius 1 is 1.21 bits per heavy atom. The lowest BCUT2D eigenvalue weighted by Crippen LogP contribution is -2.48. The number of aryl methyl sites for hydroxylation is 2. The van der Waals surface area contributed by atoms with E-state index in [4.69, 9.17) is 0 Å². The zero-order valence-electron chi connectivity index (χ0n) is 17.5. The van der Waals surface area contributed by atoms with Gasteiger partial charge in [0.1, 0.15) is 5.75 Å². The second kappa shape index (κ2) is 10.2. The van der Waals surface area contributed by atoms with Crippen LogP contribution < -0.4 is 5.32 Å². The molecule has 0 aliphatic carbocycles. The molecule has 0 bridgehead atoms.